The van der Waals surface area contributed by atoms with Crippen LogP contribution in [0.25, 0.3) is 0 Å². The first-order valence-electron chi connectivity index (χ1n) is 4.52. The molecule has 0 saturated carbocycles. The molecule has 0 fully saturated rings. The lowest BCUT2D eigenvalue weighted by atomic mass is 10.3. The Balaban J connectivity index is 2.44. The molecular formula is C11H17N2. The summed E-state index contributed by atoms with van der Waals surface area (Å²) in [6, 6.07) is 11.1. The van der Waals surface area contributed by atoms with Crippen molar-refractivity contribution in [2.75, 3.05) is 39.1 Å². The molecule has 71 valence electrons. The summed E-state index contributed by atoms with van der Waals surface area (Å²) in [5.41, 5.74) is 1.23. The minimum absolute atomic E-state index is 1.05. The Kier molecular flexibility index (Phi) is 3.77. The maximum absolute atomic E-state index is 3.07. The van der Waals surface area contributed by atoms with Gasteiger partial charge < -0.3 is 9.80 Å². The van der Waals surface area contributed by atoms with Crippen LogP contribution in [0.15, 0.2) is 24.3 Å². The van der Waals surface area contributed by atoms with Crippen LogP contribution < -0.4 is 4.90 Å². The third-order valence-corrected chi connectivity index (χ3v) is 2.01. The molecule has 1 aromatic rings. The summed E-state index contributed by atoms with van der Waals surface area (Å²) in [6.45, 7) is 2.12. The molecule has 0 bridgehead atoms. The quantitative estimate of drug-likeness (QED) is 0.687. The first kappa shape index (κ1) is 10.1. The summed E-state index contributed by atoms with van der Waals surface area (Å²) in [4.78, 5) is 4.42. The number of benzene rings is 1. The zero-order valence-electron chi connectivity index (χ0n) is 8.62. The second kappa shape index (κ2) is 4.87. The molecule has 0 aliphatic carbocycles. The third-order valence-electron chi connectivity index (χ3n) is 2.01. The summed E-state index contributed by atoms with van der Waals surface area (Å²) in [5.74, 6) is 0. The van der Waals surface area contributed by atoms with Gasteiger partial charge in [0.15, 0.2) is 0 Å². The van der Waals surface area contributed by atoms with Crippen molar-refractivity contribution in [1.29, 1.82) is 0 Å². The number of hydrogen-bond donors (Lipinski definition) is 0. The van der Waals surface area contributed by atoms with Gasteiger partial charge in [-0.25, -0.2) is 0 Å². The summed E-state index contributed by atoms with van der Waals surface area (Å²) in [6.07, 6.45) is 0. The molecule has 2 heteroatoms. The van der Waals surface area contributed by atoms with Crippen molar-refractivity contribution in [3.63, 3.8) is 0 Å². The topological polar surface area (TPSA) is 6.48 Å². The zero-order chi connectivity index (χ0) is 9.68. The Labute approximate surface area is 80.8 Å². The van der Waals surface area contributed by atoms with Gasteiger partial charge in [-0.1, -0.05) is 12.1 Å². The van der Waals surface area contributed by atoms with Gasteiger partial charge in [0.05, 0.1) is 0 Å². The fraction of sp³-hybridized carbons (Fsp3) is 0.455. The molecular weight excluding hydrogens is 160 g/mol. The first-order valence-corrected chi connectivity index (χ1v) is 4.52. The van der Waals surface area contributed by atoms with Gasteiger partial charge in [-0.2, -0.15) is 0 Å². The fourth-order valence-corrected chi connectivity index (χ4v) is 1.10. The molecule has 1 rings (SSSR count). The van der Waals surface area contributed by atoms with E-state index in [-0.39, 0.29) is 0 Å². The fourth-order valence-electron chi connectivity index (χ4n) is 1.10. The molecule has 2 nitrogen and oxygen atoms in total. The molecule has 0 amide bonds. The molecule has 0 N–H and O–H groups in total. The minimum Gasteiger partial charge on any atom is -0.373 e. The van der Waals surface area contributed by atoms with Crippen molar-refractivity contribution in [3.05, 3.63) is 30.3 Å². The normalized spacial score (nSPS) is 10.5. The van der Waals surface area contributed by atoms with Gasteiger partial charge in [0.25, 0.3) is 0 Å². The third kappa shape index (κ3) is 3.47. The lowest BCUT2D eigenvalue weighted by Gasteiger charge is -2.21. The molecule has 1 radical (unpaired) electrons. The van der Waals surface area contributed by atoms with Crippen LogP contribution in [0.2, 0.25) is 0 Å². The van der Waals surface area contributed by atoms with E-state index in [2.05, 4.69) is 43.1 Å². The second-order valence-electron chi connectivity index (χ2n) is 3.49. The Morgan fingerprint density at radius 2 is 2.00 bits per heavy atom. The van der Waals surface area contributed by atoms with Gasteiger partial charge in [0.1, 0.15) is 0 Å². The van der Waals surface area contributed by atoms with E-state index < -0.39 is 0 Å². The molecule has 0 aliphatic rings. The standard InChI is InChI=1S/C11H17N2/c1-12(2)9-10-13(3)11-7-5-4-6-8-11/h4-5,7-8H,9-10H2,1-3H3. The maximum atomic E-state index is 3.07. The van der Waals surface area contributed by atoms with Crippen LogP contribution in [-0.4, -0.2) is 39.1 Å². The number of hydrogen-bond acceptors (Lipinski definition) is 2. The molecule has 0 aromatic heterocycles. The molecule has 0 aliphatic heterocycles. The van der Waals surface area contributed by atoms with Crippen LogP contribution >= 0.6 is 0 Å². The predicted molar refractivity (Wildman–Crippen MR) is 57.1 cm³/mol. The molecule has 1 aromatic carbocycles. The van der Waals surface area contributed by atoms with E-state index in [1.165, 1.54) is 5.69 Å². The van der Waals surface area contributed by atoms with Crippen molar-refractivity contribution in [2.24, 2.45) is 0 Å². The van der Waals surface area contributed by atoms with Crippen molar-refractivity contribution in [1.82, 2.24) is 4.90 Å². The highest BCUT2D eigenvalue weighted by Crippen LogP contribution is 2.09. The van der Waals surface area contributed by atoms with Crippen LogP contribution in [0, 0.1) is 6.07 Å². The molecule has 13 heavy (non-hydrogen) atoms. The molecule has 0 atom stereocenters. The van der Waals surface area contributed by atoms with Crippen molar-refractivity contribution in [2.45, 2.75) is 0 Å². The van der Waals surface area contributed by atoms with E-state index in [9.17, 15) is 0 Å². The smallest absolute Gasteiger partial charge is 0.0370 e. The Morgan fingerprint density at radius 3 is 2.54 bits per heavy atom. The van der Waals surface area contributed by atoms with Crippen LogP contribution in [0.4, 0.5) is 5.69 Å². The lowest BCUT2D eigenvalue weighted by molar-refractivity contribution is 0.416. The average molecular weight is 177 g/mol. The molecule has 0 saturated heterocycles. The van der Waals surface area contributed by atoms with Crippen LogP contribution in [0.1, 0.15) is 0 Å². The molecule has 0 spiro atoms. The zero-order valence-corrected chi connectivity index (χ0v) is 8.62. The van der Waals surface area contributed by atoms with E-state index in [0.717, 1.165) is 13.1 Å². The minimum atomic E-state index is 1.05. The van der Waals surface area contributed by atoms with Gasteiger partial charge >= 0.3 is 0 Å². The second-order valence-corrected chi connectivity index (χ2v) is 3.49. The average Bonchev–Trinajstić information content (AvgIpc) is 2.15. The van der Waals surface area contributed by atoms with E-state index in [0.29, 0.717) is 0 Å². The van der Waals surface area contributed by atoms with Gasteiger partial charge in [0, 0.05) is 25.8 Å². The molecule has 0 unspecified atom stereocenters. The van der Waals surface area contributed by atoms with Crippen molar-refractivity contribution in [3.8, 4) is 0 Å². The van der Waals surface area contributed by atoms with Crippen molar-refractivity contribution < 1.29 is 0 Å². The summed E-state index contributed by atoms with van der Waals surface area (Å²) >= 11 is 0. The van der Waals surface area contributed by atoms with E-state index in [1.54, 1.807) is 0 Å². The predicted octanol–water partition coefficient (Wildman–Crippen LogP) is 1.48. The number of anilines is 1. The van der Waals surface area contributed by atoms with E-state index in [4.69, 9.17) is 0 Å². The van der Waals surface area contributed by atoms with Gasteiger partial charge in [-0.05, 0) is 32.3 Å². The van der Waals surface area contributed by atoms with Crippen molar-refractivity contribution >= 4 is 5.69 Å². The summed E-state index contributed by atoms with van der Waals surface area (Å²) in [7, 11) is 6.28. The van der Waals surface area contributed by atoms with Gasteiger partial charge in [-0.15, -0.1) is 0 Å². The highest BCUT2D eigenvalue weighted by atomic mass is 15.1. The highest BCUT2D eigenvalue weighted by Gasteiger charge is 1.99. The summed E-state index contributed by atoms with van der Waals surface area (Å²) in [5, 5.41) is 0. The Morgan fingerprint density at radius 1 is 1.23 bits per heavy atom. The number of nitrogens with zero attached hydrogens (tertiary/aromatic N) is 2. The largest absolute Gasteiger partial charge is 0.373 e. The van der Waals surface area contributed by atoms with E-state index in [1.807, 2.05) is 18.2 Å². The Hall–Kier alpha value is -1.02. The number of rotatable bonds is 4. The van der Waals surface area contributed by atoms with Crippen LogP contribution in [0.3, 0.4) is 0 Å². The van der Waals surface area contributed by atoms with Gasteiger partial charge in [-0.3, -0.25) is 0 Å². The van der Waals surface area contributed by atoms with Crippen LogP contribution in [-0.2, 0) is 0 Å². The van der Waals surface area contributed by atoms with Crippen LogP contribution in [0.5, 0.6) is 0 Å². The Bertz CT molecular complexity index is 231. The monoisotopic (exact) mass is 177 g/mol. The van der Waals surface area contributed by atoms with E-state index >= 15 is 0 Å². The first-order chi connectivity index (χ1) is 6.20. The summed E-state index contributed by atoms with van der Waals surface area (Å²) < 4.78 is 0. The van der Waals surface area contributed by atoms with Gasteiger partial charge in [0.2, 0.25) is 0 Å². The lowest BCUT2D eigenvalue weighted by Crippen LogP contribution is -2.28. The maximum Gasteiger partial charge on any atom is 0.0370 e. The highest BCUT2D eigenvalue weighted by molar-refractivity contribution is 5.44. The SMILES string of the molecule is CN(C)CCN(C)c1c[c]ccc1. The number of likely N-dealkylation sites (N-methyl/N-ethyl adjacent to an activating group) is 2. The molecule has 0 heterocycles.